The quantitative estimate of drug-likeness (QED) is 0.638. The van der Waals surface area contributed by atoms with Crippen molar-refractivity contribution in [2.24, 2.45) is 5.14 Å². The second-order valence-electron chi connectivity index (χ2n) is 7.09. The highest BCUT2D eigenvalue weighted by Crippen LogP contribution is 2.38. The number of carbonyl (C=O) groups is 1. The Morgan fingerprint density at radius 3 is 2.17 bits per heavy atom. The van der Waals surface area contributed by atoms with Crippen molar-refractivity contribution in [2.45, 2.75) is 63.0 Å². The summed E-state index contributed by atoms with van der Waals surface area (Å²) < 4.78 is 15.0. The van der Waals surface area contributed by atoms with Crippen molar-refractivity contribution in [3.63, 3.8) is 0 Å². The van der Waals surface area contributed by atoms with E-state index in [0.717, 1.165) is 63.5 Å². The molecule has 2 amide bonds. The van der Waals surface area contributed by atoms with Gasteiger partial charge >= 0.3 is 6.03 Å². The van der Waals surface area contributed by atoms with Gasteiger partial charge in [-0.1, -0.05) is 12.5 Å². The minimum Gasteiger partial charge on any atom is -0.307 e. The Morgan fingerprint density at radius 1 is 1.04 bits per heavy atom. The van der Waals surface area contributed by atoms with E-state index >= 15 is 0 Å². The summed E-state index contributed by atoms with van der Waals surface area (Å²) in [6, 6.07) is 1.92. The highest BCUT2D eigenvalue weighted by Gasteiger charge is 2.31. The number of hydrogen-bond donors (Lipinski definition) is 4. The number of carbonyl (C=O) groups excluding carboxylic acids is 1. The van der Waals surface area contributed by atoms with Crippen LogP contribution in [0.4, 0.5) is 10.5 Å². The lowest BCUT2D eigenvalue weighted by Crippen LogP contribution is -2.53. The summed E-state index contributed by atoms with van der Waals surface area (Å²) in [5.74, 6) is 0. The number of thiol groups is 1. The van der Waals surface area contributed by atoms with E-state index in [1.807, 2.05) is 0 Å². The highest BCUT2D eigenvalue weighted by molar-refractivity contribution is 8.00. The zero-order chi connectivity index (χ0) is 16.0. The van der Waals surface area contributed by atoms with E-state index in [4.69, 9.17) is 5.14 Å². The van der Waals surface area contributed by atoms with Gasteiger partial charge in [0.1, 0.15) is 0 Å². The first-order chi connectivity index (χ1) is 11.0. The maximum absolute atomic E-state index is 12.5. The second kappa shape index (κ2) is 5.60. The maximum atomic E-state index is 12.5. The van der Waals surface area contributed by atoms with E-state index in [-0.39, 0.29) is 5.25 Å². The highest BCUT2D eigenvalue weighted by atomic mass is 32.3. The van der Waals surface area contributed by atoms with Crippen LogP contribution in [0.2, 0.25) is 0 Å². The van der Waals surface area contributed by atoms with Gasteiger partial charge in [0.2, 0.25) is 0 Å². The summed E-state index contributed by atoms with van der Waals surface area (Å²) in [4.78, 5) is 12.4. The van der Waals surface area contributed by atoms with Gasteiger partial charge in [0.25, 0.3) is 0 Å². The van der Waals surface area contributed by atoms with Crippen molar-refractivity contribution in [2.75, 3.05) is 5.32 Å². The number of urea groups is 1. The molecule has 0 bridgehead atoms. The van der Waals surface area contributed by atoms with Crippen molar-refractivity contribution < 1.29 is 9.00 Å². The molecular weight excluding hydrogens is 310 g/mol. The van der Waals surface area contributed by atoms with Crippen LogP contribution in [0, 0.1) is 0 Å². The third kappa shape index (κ3) is 2.68. The van der Waals surface area contributed by atoms with Crippen LogP contribution in [0.15, 0.2) is 6.07 Å². The zero-order valence-corrected chi connectivity index (χ0v) is 14.3. The first kappa shape index (κ1) is 15.1. The third-order valence-electron chi connectivity index (χ3n) is 5.61. The molecular formula is C17H25N3O2S. The SMILES string of the molecule is N[SH](=O)(NC(=O)Nc1c2c(cc3c1CCC3)CCC2)C1CCC1. The molecule has 0 heterocycles. The molecule has 0 aromatic heterocycles. The summed E-state index contributed by atoms with van der Waals surface area (Å²) in [5.41, 5.74) is 6.26. The van der Waals surface area contributed by atoms with Gasteiger partial charge < -0.3 is 5.32 Å². The molecule has 0 spiro atoms. The Balaban J connectivity index is 1.57. The van der Waals surface area contributed by atoms with Crippen LogP contribution in [-0.2, 0) is 36.0 Å². The smallest absolute Gasteiger partial charge is 0.307 e. The first-order valence-electron chi connectivity index (χ1n) is 8.68. The molecule has 126 valence electrons. The topological polar surface area (TPSA) is 84.2 Å². The van der Waals surface area contributed by atoms with Crippen LogP contribution >= 0.6 is 0 Å². The van der Waals surface area contributed by atoms with E-state index < -0.39 is 16.3 Å². The fraction of sp³-hybridized carbons (Fsp3) is 0.588. The van der Waals surface area contributed by atoms with Crippen molar-refractivity contribution in [3.8, 4) is 0 Å². The zero-order valence-electron chi connectivity index (χ0n) is 13.4. The Bertz CT molecular complexity index is 680. The fourth-order valence-electron chi connectivity index (χ4n) is 4.13. The predicted octanol–water partition coefficient (Wildman–Crippen LogP) is 2.14. The Hall–Kier alpha value is -1.40. The van der Waals surface area contributed by atoms with Crippen LogP contribution in [0.1, 0.15) is 54.4 Å². The maximum Gasteiger partial charge on any atom is 0.330 e. The van der Waals surface area contributed by atoms with Gasteiger partial charge in [0.05, 0.1) is 0 Å². The minimum atomic E-state index is -3.09. The Labute approximate surface area is 138 Å². The van der Waals surface area contributed by atoms with Gasteiger partial charge in [-0.25, -0.2) is 4.79 Å². The number of amides is 2. The molecule has 4 N–H and O–H groups in total. The molecule has 1 aromatic rings. The first-order valence-corrected chi connectivity index (χ1v) is 10.5. The fourth-order valence-corrected chi connectivity index (χ4v) is 5.82. The molecule has 1 aromatic carbocycles. The Morgan fingerprint density at radius 2 is 1.65 bits per heavy atom. The number of benzene rings is 1. The van der Waals surface area contributed by atoms with Crippen LogP contribution in [0.5, 0.6) is 0 Å². The minimum absolute atomic E-state index is 0.0412. The number of aryl methyl sites for hydroxylation is 2. The molecule has 1 fully saturated rings. The molecule has 0 atom stereocenters. The molecule has 3 aliphatic carbocycles. The van der Waals surface area contributed by atoms with Crippen molar-refractivity contribution in [1.29, 1.82) is 0 Å². The van der Waals surface area contributed by atoms with Crippen molar-refractivity contribution >= 4 is 22.0 Å². The summed E-state index contributed by atoms with van der Waals surface area (Å²) in [6.45, 7) is 0. The molecule has 4 rings (SSSR count). The van der Waals surface area contributed by atoms with E-state index in [2.05, 4.69) is 16.1 Å². The average molecular weight is 335 g/mol. The summed E-state index contributed by atoms with van der Waals surface area (Å²) >= 11 is 0. The third-order valence-corrected chi connectivity index (χ3v) is 7.76. The summed E-state index contributed by atoms with van der Waals surface area (Å²) in [6.07, 6.45) is 9.26. The predicted molar refractivity (Wildman–Crippen MR) is 94.0 cm³/mol. The van der Waals surface area contributed by atoms with Crippen molar-refractivity contribution in [1.82, 2.24) is 4.72 Å². The molecule has 6 heteroatoms. The Kier molecular flexibility index (Phi) is 3.69. The van der Waals surface area contributed by atoms with Crippen LogP contribution in [0.25, 0.3) is 0 Å². The average Bonchev–Trinajstić information content (AvgIpc) is 3.02. The van der Waals surface area contributed by atoms with Gasteiger partial charge in [-0.15, -0.1) is 0 Å². The number of anilines is 1. The van der Waals surface area contributed by atoms with Crippen molar-refractivity contribution in [3.05, 3.63) is 28.3 Å². The number of hydrogen-bond acceptors (Lipinski definition) is 2. The molecule has 23 heavy (non-hydrogen) atoms. The normalized spacial score (nSPS) is 20.6. The summed E-state index contributed by atoms with van der Waals surface area (Å²) in [7, 11) is -3.09. The monoisotopic (exact) mass is 335 g/mol. The van der Waals surface area contributed by atoms with Gasteiger partial charge in [0.15, 0.2) is 0 Å². The van der Waals surface area contributed by atoms with E-state index in [0.29, 0.717) is 0 Å². The molecule has 0 radical (unpaired) electrons. The number of nitrogens with two attached hydrogens (primary N) is 1. The summed E-state index contributed by atoms with van der Waals surface area (Å²) in [5, 5.41) is 8.84. The molecule has 0 unspecified atom stereocenters. The lowest BCUT2D eigenvalue weighted by Gasteiger charge is -2.35. The van der Waals surface area contributed by atoms with E-state index in [1.165, 1.54) is 22.3 Å². The van der Waals surface area contributed by atoms with Gasteiger partial charge in [-0.2, -0.15) is 0 Å². The molecule has 3 aliphatic rings. The molecule has 5 nitrogen and oxygen atoms in total. The molecule has 0 saturated heterocycles. The van der Waals surface area contributed by atoms with Crippen LogP contribution in [-0.4, -0.2) is 15.5 Å². The standard InChI is InChI=1S/C17H25N3O2S/c18-23(22,13-6-3-7-13)20-17(21)19-16-14-8-1-4-11(14)10-12-5-2-9-15(12)16/h10,13,23H,1-9H2,(H4,18,19,20,21,22). The van der Waals surface area contributed by atoms with Gasteiger partial charge in [-0.05, 0) is 73.6 Å². The number of rotatable bonds is 3. The van der Waals surface area contributed by atoms with Gasteiger partial charge in [0, 0.05) is 21.2 Å². The lowest BCUT2D eigenvalue weighted by atomic mass is 9.99. The molecule has 1 saturated carbocycles. The molecule has 0 aliphatic heterocycles. The van der Waals surface area contributed by atoms with E-state index in [9.17, 15) is 9.00 Å². The lowest BCUT2D eigenvalue weighted by molar-refractivity contribution is 0.256. The van der Waals surface area contributed by atoms with Gasteiger partial charge in [-0.3, -0.25) is 14.1 Å². The number of fused-ring (bicyclic) bond motifs is 2. The van der Waals surface area contributed by atoms with Crippen LogP contribution in [0.3, 0.4) is 0 Å². The van der Waals surface area contributed by atoms with E-state index in [1.54, 1.807) is 0 Å². The largest absolute Gasteiger partial charge is 0.330 e. The second-order valence-corrected chi connectivity index (χ2v) is 9.47. The van der Waals surface area contributed by atoms with Crippen LogP contribution < -0.4 is 15.2 Å². The number of nitrogens with one attached hydrogen (secondary N) is 2.